The minimum absolute atomic E-state index is 0.164. The van der Waals surface area contributed by atoms with Crippen molar-refractivity contribution in [2.45, 2.75) is 13.0 Å². The van der Waals surface area contributed by atoms with Crippen molar-refractivity contribution in [3.8, 4) is 0 Å². The summed E-state index contributed by atoms with van der Waals surface area (Å²) in [6, 6.07) is 8.55. The maximum Gasteiger partial charge on any atom is 0.211 e. The summed E-state index contributed by atoms with van der Waals surface area (Å²) >= 11 is 0. The second-order valence-corrected chi connectivity index (χ2v) is 7.34. The summed E-state index contributed by atoms with van der Waals surface area (Å²) in [5.41, 5.74) is 8.35. The Morgan fingerprint density at radius 3 is 2.15 bits per heavy atom. The first-order valence-corrected chi connectivity index (χ1v) is 8.72. The molecule has 0 saturated carbocycles. The number of nitrogens with zero attached hydrogens (tertiary/aromatic N) is 2. The van der Waals surface area contributed by atoms with Gasteiger partial charge in [0.05, 0.1) is 6.26 Å². The van der Waals surface area contributed by atoms with E-state index in [1.54, 1.807) is 0 Å². The molecular weight excluding hydrogens is 274 g/mol. The molecule has 1 atom stereocenters. The van der Waals surface area contributed by atoms with Crippen LogP contribution in [0.3, 0.4) is 0 Å². The van der Waals surface area contributed by atoms with Gasteiger partial charge in [-0.15, -0.1) is 0 Å². The number of rotatable bonds is 4. The Labute approximate surface area is 121 Å². The van der Waals surface area contributed by atoms with Crippen molar-refractivity contribution in [1.82, 2.24) is 9.21 Å². The third kappa shape index (κ3) is 3.58. The highest BCUT2D eigenvalue weighted by molar-refractivity contribution is 7.88. The van der Waals surface area contributed by atoms with Gasteiger partial charge in [-0.3, -0.25) is 4.90 Å². The highest BCUT2D eigenvalue weighted by atomic mass is 32.2. The van der Waals surface area contributed by atoms with E-state index in [1.807, 2.05) is 0 Å². The normalized spacial score (nSPS) is 19.9. The van der Waals surface area contributed by atoms with Crippen LogP contribution in [0.25, 0.3) is 0 Å². The molecular formula is C14H23N3O2S. The summed E-state index contributed by atoms with van der Waals surface area (Å²) in [4.78, 5) is 2.27. The quantitative estimate of drug-likeness (QED) is 0.882. The summed E-state index contributed by atoms with van der Waals surface area (Å²) in [7, 11) is -3.08. The van der Waals surface area contributed by atoms with E-state index in [4.69, 9.17) is 5.73 Å². The summed E-state index contributed by atoms with van der Waals surface area (Å²) in [6.07, 6.45) is 1.27. The lowest BCUT2D eigenvalue weighted by atomic mass is 10.0. The van der Waals surface area contributed by atoms with Crippen molar-refractivity contribution in [1.29, 1.82) is 0 Å². The van der Waals surface area contributed by atoms with E-state index in [0.717, 1.165) is 13.1 Å². The average Bonchev–Trinajstić information content (AvgIpc) is 2.41. The van der Waals surface area contributed by atoms with Gasteiger partial charge in [0.1, 0.15) is 0 Å². The lowest BCUT2D eigenvalue weighted by Gasteiger charge is -2.38. The molecule has 5 nitrogen and oxygen atoms in total. The van der Waals surface area contributed by atoms with Crippen molar-refractivity contribution in [2.24, 2.45) is 5.73 Å². The number of aryl methyl sites for hydroxylation is 1. The molecule has 1 aliphatic heterocycles. The Hall–Kier alpha value is -0.950. The number of nitrogens with two attached hydrogens (primary N) is 1. The molecule has 1 aromatic rings. The Balaban J connectivity index is 2.06. The Bertz CT molecular complexity index is 534. The summed E-state index contributed by atoms with van der Waals surface area (Å²) in [5.74, 6) is 0. The van der Waals surface area contributed by atoms with Crippen molar-refractivity contribution < 1.29 is 8.42 Å². The molecule has 1 fully saturated rings. The zero-order chi connectivity index (χ0) is 14.8. The predicted octanol–water partition coefficient (Wildman–Crippen LogP) is 0.572. The second-order valence-electron chi connectivity index (χ2n) is 5.36. The highest BCUT2D eigenvalue weighted by Crippen LogP contribution is 2.22. The molecule has 0 amide bonds. The van der Waals surface area contributed by atoms with Crippen LogP contribution in [0.1, 0.15) is 17.2 Å². The van der Waals surface area contributed by atoms with Gasteiger partial charge in [0.15, 0.2) is 0 Å². The Morgan fingerprint density at radius 1 is 1.15 bits per heavy atom. The van der Waals surface area contributed by atoms with Gasteiger partial charge in [-0.2, -0.15) is 4.31 Å². The molecule has 0 aliphatic carbocycles. The molecule has 112 valence electrons. The van der Waals surface area contributed by atoms with Crippen molar-refractivity contribution in [3.63, 3.8) is 0 Å². The zero-order valence-corrected chi connectivity index (χ0v) is 12.9. The zero-order valence-electron chi connectivity index (χ0n) is 12.1. The third-order valence-corrected chi connectivity index (χ3v) is 5.17. The molecule has 6 heteroatoms. The van der Waals surface area contributed by atoms with Gasteiger partial charge >= 0.3 is 0 Å². The number of benzene rings is 1. The summed E-state index contributed by atoms with van der Waals surface area (Å²) in [6.45, 7) is 5.14. The second kappa shape index (κ2) is 6.22. The van der Waals surface area contributed by atoms with Crippen LogP contribution >= 0.6 is 0 Å². The van der Waals surface area contributed by atoms with Crippen LogP contribution in [-0.2, 0) is 10.0 Å². The van der Waals surface area contributed by atoms with E-state index >= 15 is 0 Å². The number of sulfonamides is 1. The topological polar surface area (TPSA) is 66.6 Å². The first-order valence-electron chi connectivity index (χ1n) is 6.87. The maximum atomic E-state index is 11.5. The van der Waals surface area contributed by atoms with Crippen LogP contribution < -0.4 is 5.73 Å². The number of hydrogen-bond donors (Lipinski definition) is 1. The van der Waals surface area contributed by atoms with Gasteiger partial charge in [0, 0.05) is 38.8 Å². The lowest BCUT2D eigenvalue weighted by Crippen LogP contribution is -2.50. The molecule has 0 radical (unpaired) electrons. The fourth-order valence-electron chi connectivity index (χ4n) is 2.63. The summed E-state index contributed by atoms with van der Waals surface area (Å²) in [5, 5.41) is 0. The highest BCUT2D eigenvalue weighted by Gasteiger charge is 2.27. The van der Waals surface area contributed by atoms with Crippen LogP contribution in [0.4, 0.5) is 0 Å². The average molecular weight is 297 g/mol. The molecule has 1 saturated heterocycles. The number of piperazine rings is 1. The summed E-state index contributed by atoms with van der Waals surface area (Å²) < 4.78 is 24.6. The van der Waals surface area contributed by atoms with Gasteiger partial charge in [0.2, 0.25) is 10.0 Å². The third-order valence-electron chi connectivity index (χ3n) is 3.87. The van der Waals surface area contributed by atoms with Crippen LogP contribution in [0.2, 0.25) is 0 Å². The van der Waals surface area contributed by atoms with E-state index < -0.39 is 10.0 Å². The SMILES string of the molecule is Cc1ccc(C(CN)N2CCN(S(C)(=O)=O)CC2)cc1. The fourth-order valence-corrected chi connectivity index (χ4v) is 3.46. The lowest BCUT2D eigenvalue weighted by molar-refractivity contribution is 0.140. The molecule has 0 spiro atoms. The standard InChI is InChI=1S/C14H23N3O2S/c1-12-3-5-13(6-4-12)14(11-15)16-7-9-17(10-8-16)20(2,18)19/h3-6,14H,7-11,15H2,1-2H3. The van der Waals surface area contributed by atoms with Crippen LogP contribution in [0.5, 0.6) is 0 Å². The molecule has 1 aliphatic rings. The van der Waals surface area contributed by atoms with Crippen molar-refractivity contribution >= 4 is 10.0 Å². The number of hydrogen-bond acceptors (Lipinski definition) is 4. The largest absolute Gasteiger partial charge is 0.329 e. The molecule has 1 unspecified atom stereocenters. The molecule has 20 heavy (non-hydrogen) atoms. The van der Waals surface area contributed by atoms with E-state index in [9.17, 15) is 8.42 Å². The van der Waals surface area contributed by atoms with Crippen LogP contribution in [0, 0.1) is 6.92 Å². The van der Waals surface area contributed by atoms with Gasteiger partial charge in [-0.05, 0) is 12.5 Å². The minimum atomic E-state index is -3.08. The van der Waals surface area contributed by atoms with Crippen molar-refractivity contribution in [2.75, 3.05) is 39.0 Å². The van der Waals surface area contributed by atoms with Gasteiger partial charge < -0.3 is 5.73 Å². The monoisotopic (exact) mass is 297 g/mol. The molecule has 2 N–H and O–H groups in total. The van der Waals surface area contributed by atoms with Gasteiger partial charge in [0.25, 0.3) is 0 Å². The first kappa shape index (κ1) is 15.4. The molecule has 0 bridgehead atoms. The van der Waals surface area contributed by atoms with E-state index in [1.165, 1.54) is 21.7 Å². The molecule has 2 rings (SSSR count). The maximum absolute atomic E-state index is 11.5. The van der Waals surface area contributed by atoms with E-state index in [-0.39, 0.29) is 6.04 Å². The molecule has 1 heterocycles. The Morgan fingerprint density at radius 2 is 1.70 bits per heavy atom. The smallest absolute Gasteiger partial charge is 0.211 e. The van der Waals surface area contributed by atoms with Crippen molar-refractivity contribution in [3.05, 3.63) is 35.4 Å². The predicted molar refractivity (Wildman–Crippen MR) is 81.0 cm³/mol. The minimum Gasteiger partial charge on any atom is -0.329 e. The fraction of sp³-hybridized carbons (Fsp3) is 0.571. The van der Waals surface area contributed by atoms with Crippen LogP contribution in [-0.4, -0.2) is 56.6 Å². The molecule has 0 aromatic heterocycles. The first-order chi connectivity index (χ1) is 9.41. The van der Waals surface area contributed by atoms with E-state index in [0.29, 0.717) is 19.6 Å². The van der Waals surface area contributed by atoms with Crippen LogP contribution in [0.15, 0.2) is 24.3 Å². The van der Waals surface area contributed by atoms with Gasteiger partial charge in [-0.25, -0.2) is 8.42 Å². The Kier molecular flexibility index (Phi) is 4.80. The van der Waals surface area contributed by atoms with E-state index in [2.05, 4.69) is 36.1 Å². The van der Waals surface area contributed by atoms with Gasteiger partial charge in [-0.1, -0.05) is 29.8 Å². The molecule has 1 aromatic carbocycles.